The van der Waals surface area contributed by atoms with Gasteiger partial charge in [0, 0.05) is 18.3 Å². The summed E-state index contributed by atoms with van der Waals surface area (Å²) in [6, 6.07) is 7.14. The van der Waals surface area contributed by atoms with Crippen LogP contribution in [0.15, 0.2) is 24.3 Å². The first kappa shape index (κ1) is 14.4. The van der Waals surface area contributed by atoms with Crippen LogP contribution in [-0.2, 0) is 6.54 Å². The van der Waals surface area contributed by atoms with Gasteiger partial charge in [0.15, 0.2) is 0 Å². The first-order chi connectivity index (χ1) is 9.56. The van der Waals surface area contributed by atoms with Crippen LogP contribution in [0.3, 0.4) is 0 Å². The van der Waals surface area contributed by atoms with Crippen LogP contribution in [0.2, 0.25) is 5.02 Å². The first-order valence-corrected chi connectivity index (χ1v) is 6.63. The maximum atomic E-state index is 12.3. The summed E-state index contributed by atoms with van der Waals surface area (Å²) >= 11 is 6.14. The third-order valence-corrected chi connectivity index (χ3v) is 3.35. The van der Waals surface area contributed by atoms with Crippen molar-refractivity contribution in [1.29, 1.82) is 0 Å². The molecule has 1 amide bonds. The molecule has 0 saturated heterocycles. The highest BCUT2D eigenvalue weighted by molar-refractivity contribution is 6.34. The van der Waals surface area contributed by atoms with Crippen LogP contribution in [0, 0.1) is 6.92 Å². The second-order valence-corrected chi connectivity index (χ2v) is 4.63. The average Bonchev–Trinajstić information content (AvgIpc) is 2.74. The van der Waals surface area contributed by atoms with Gasteiger partial charge in [0.25, 0.3) is 5.91 Å². The molecule has 5 nitrogen and oxygen atoms in total. The molecule has 1 N–H and O–H groups in total. The summed E-state index contributed by atoms with van der Waals surface area (Å²) < 4.78 is 6.71. The number of halogens is 1. The number of methoxy groups -OCH3 is 1. The molecule has 0 saturated carbocycles. The highest BCUT2D eigenvalue weighted by atomic mass is 35.5. The van der Waals surface area contributed by atoms with E-state index >= 15 is 0 Å². The molecular weight excluding hydrogens is 278 g/mol. The molecule has 20 heavy (non-hydrogen) atoms. The Hall–Kier alpha value is -2.01. The van der Waals surface area contributed by atoms with E-state index < -0.39 is 0 Å². The van der Waals surface area contributed by atoms with Crippen molar-refractivity contribution in [3.63, 3.8) is 0 Å². The van der Waals surface area contributed by atoms with Gasteiger partial charge < -0.3 is 10.1 Å². The van der Waals surface area contributed by atoms with E-state index in [0.29, 0.717) is 34.4 Å². The quantitative estimate of drug-likeness (QED) is 0.942. The Labute approximate surface area is 122 Å². The number of aromatic nitrogens is 2. The number of carbonyl (C=O) groups excluding carboxylic acids is 1. The van der Waals surface area contributed by atoms with Crippen molar-refractivity contribution >= 4 is 23.2 Å². The standard InChI is InChI=1S/C14H16ClN3O2/c1-4-18-13(12(15)9(2)17-18)14(19)16-10-6-5-7-11(8-10)20-3/h5-8H,4H2,1-3H3,(H,16,19). The second kappa shape index (κ2) is 5.96. The summed E-state index contributed by atoms with van der Waals surface area (Å²) in [5.41, 5.74) is 1.66. The fourth-order valence-corrected chi connectivity index (χ4v) is 2.12. The van der Waals surface area contributed by atoms with Gasteiger partial charge in [-0.3, -0.25) is 9.48 Å². The fourth-order valence-electron chi connectivity index (χ4n) is 1.90. The summed E-state index contributed by atoms with van der Waals surface area (Å²) in [6.45, 7) is 4.26. The molecule has 6 heteroatoms. The topological polar surface area (TPSA) is 56.2 Å². The molecule has 1 aromatic heterocycles. The molecule has 2 rings (SSSR count). The lowest BCUT2D eigenvalue weighted by atomic mass is 10.2. The van der Waals surface area contributed by atoms with Gasteiger partial charge in [-0.25, -0.2) is 0 Å². The molecular formula is C14H16ClN3O2. The smallest absolute Gasteiger partial charge is 0.275 e. The predicted molar refractivity (Wildman–Crippen MR) is 78.6 cm³/mol. The van der Waals surface area contributed by atoms with Gasteiger partial charge in [-0.2, -0.15) is 5.10 Å². The van der Waals surface area contributed by atoms with Gasteiger partial charge in [-0.1, -0.05) is 17.7 Å². The molecule has 0 aliphatic rings. The van der Waals surface area contributed by atoms with E-state index in [1.54, 1.807) is 36.9 Å². The van der Waals surface area contributed by atoms with Gasteiger partial charge >= 0.3 is 0 Å². The maximum Gasteiger partial charge on any atom is 0.275 e. The molecule has 1 heterocycles. The molecule has 0 spiro atoms. The number of ether oxygens (including phenoxy) is 1. The second-order valence-electron chi connectivity index (χ2n) is 4.25. The Balaban J connectivity index is 2.28. The van der Waals surface area contributed by atoms with Crippen molar-refractivity contribution in [3.8, 4) is 5.75 Å². The number of rotatable bonds is 4. The van der Waals surface area contributed by atoms with Crippen molar-refractivity contribution in [2.75, 3.05) is 12.4 Å². The molecule has 0 unspecified atom stereocenters. The minimum Gasteiger partial charge on any atom is -0.497 e. The molecule has 0 aliphatic carbocycles. The van der Waals surface area contributed by atoms with E-state index in [2.05, 4.69) is 10.4 Å². The number of carbonyl (C=O) groups is 1. The zero-order valence-electron chi connectivity index (χ0n) is 11.6. The lowest BCUT2D eigenvalue weighted by molar-refractivity contribution is 0.101. The number of anilines is 1. The fraction of sp³-hybridized carbons (Fsp3) is 0.286. The Morgan fingerprint density at radius 3 is 2.90 bits per heavy atom. The summed E-state index contributed by atoms with van der Waals surface area (Å²) in [5, 5.41) is 7.40. The molecule has 106 valence electrons. The first-order valence-electron chi connectivity index (χ1n) is 6.25. The van der Waals surface area contributed by atoms with E-state index in [-0.39, 0.29) is 5.91 Å². The zero-order chi connectivity index (χ0) is 14.7. The average molecular weight is 294 g/mol. The number of hydrogen-bond donors (Lipinski definition) is 1. The largest absolute Gasteiger partial charge is 0.497 e. The van der Waals surface area contributed by atoms with Crippen LogP contribution >= 0.6 is 11.6 Å². The highest BCUT2D eigenvalue weighted by Gasteiger charge is 2.19. The summed E-state index contributed by atoms with van der Waals surface area (Å²) in [4.78, 5) is 12.3. The highest BCUT2D eigenvalue weighted by Crippen LogP contribution is 2.22. The van der Waals surface area contributed by atoms with Crippen molar-refractivity contribution in [2.45, 2.75) is 20.4 Å². The summed E-state index contributed by atoms with van der Waals surface area (Å²) in [7, 11) is 1.58. The van der Waals surface area contributed by atoms with Crippen molar-refractivity contribution in [2.24, 2.45) is 0 Å². The van der Waals surface area contributed by atoms with Gasteiger partial charge in [0.2, 0.25) is 0 Å². The molecule has 0 atom stereocenters. The third-order valence-electron chi connectivity index (χ3n) is 2.90. The zero-order valence-corrected chi connectivity index (χ0v) is 12.4. The minimum absolute atomic E-state index is 0.286. The van der Waals surface area contributed by atoms with Crippen molar-refractivity contribution in [1.82, 2.24) is 9.78 Å². The maximum absolute atomic E-state index is 12.3. The molecule has 0 aliphatic heterocycles. The van der Waals surface area contributed by atoms with Crippen LogP contribution in [-0.4, -0.2) is 22.8 Å². The number of nitrogens with one attached hydrogen (secondary N) is 1. The predicted octanol–water partition coefficient (Wildman–Crippen LogP) is 3.13. The Kier molecular flexibility index (Phi) is 4.29. The molecule has 0 fully saturated rings. The normalized spacial score (nSPS) is 10.4. The molecule has 0 bridgehead atoms. The monoisotopic (exact) mass is 293 g/mol. The number of amides is 1. The van der Waals surface area contributed by atoms with Crippen molar-refractivity contribution < 1.29 is 9.53 Å². The summed E-state index contributed by atoms with van der Waals surface area (Å²) in [5.74, 6) is 0.389. The third kappa shape index (κ3) is 2.77. The lowest BCUT2D eigenvalue weighted by Gasteiger charge is -2.08. The van der Waals surface area contributed by atoms with Crippen LogP contribution < -0.4 is 10.1 Å². The minimum atomic E-state index is -0.286. The van der Waals surface area contributed by atoms with Gasteiger partial charge in [-0.05, 0) is 26.0 Å². The van der Waals surface area contributed by atoms with Crippen LogP contribution in [0.4, 0.5) is 5.69 Å². The lowest BCUT2D eigenvalue weighted by Crippen LogP contribution is -2.17. The molecule has 0 radical (unpaired) electrons. The van der Waals surface area contributed by atoms with E-state index in [1.165, 1.54) is 0 Å². The van der Waals surface area contributed by atoms with Crippen molar-refractivity contribution in [3.05, 3.63) is 40.7 Å². The van der Waals surface area contributed by atoms with E-state index in [4.69, 9.17) is 16.3 Å². The van der Waals surface area contributed by atoms with Gasteiger partial charge in [0.1, 0.15) is 11.4 Å². The SMILES string of the molecule is CCn1nc(C)c(Cl)c1C(=O)Nc1cccc(OC)c1. The summed E-state index contributed by atoms with van der Waals surface area (Å²) in [6.07, 6.45) is 0. The van der Waals surface area contributed by atoms with Gasteiger partial charge in [0.05, 0.1) is 17.8 Å². The number of nitrogens with zero attached hydrogens (tertiary/aromatic N) is 2. The number of benzene rings is 1. The van der Waals surface area contributed by atoms with Crippen LogP contribution in [0.25, 0.3) is 0 Å². The van der Waals surface area contributed by atoms with E-state index in [9.17, 15) is 4.79 Å². The van der Waals surface area contributed by atoms with E-state index in [1.807, 2.05) is 13.0 Å². The molecule has 1 aromatic carbocycles. The number of hydrogen-bond acceptors (Lipinski definition) is 3. The Morgan fingerprint density at radius 2 is 2.25 bits per heavy atom. The van der Waals surface area contributed by atoms with E-state index in [0.717, 1.165) is 0 Å². The Bertz CT molecular complexity index is 637. The van der Waals surface area contributed by atoms with Crippen LogP contribution in [0.1, 0.15) is 23.1 Å². The molecule has 2 aromatic rings. The number of aryl methyl sites for hydroxylation is 2. The van der Waals surface area contributed by atoms with Crippen LogP contribution in [0.5, 0.6) is 5.75 Å². The Morgan fingerprint density at radius 1 is 1.50 bits per heavy atom. The van der Waals surface area contributed by atoms with Gasteiger partial charge in [-0.15, -0.1) is 0 Å².